The molecule has 6 nitrogen and oxygen atoms in total. The van der Waals surface area contributed by atoms with Gasteiger partial charge in [0, 0.05) is 19.2 Å². The predicted molar refractivity (Wildman–Crippen MR) is 104 cm³/mol. The number of hydrogen-bond acceptors (Lipinski definition) is 4. The van der Waals surface area contributed by atoms with Crippen molar-refractivity contribution in [3.05, 3.63) is 71.8 Å². The Morgan fingerprint density at radius 2 is 1.63 bits per heavy atom. The summed E-state index contributed by atoms with van der Waals surface area (Å²) in [6.45, 7) is 0.224. The maximum atomic E-state index is 12.8. The minimum absolute atomic E-state index is 0.112. The van der Waals surface area contributed by atoms with Gasteiger partial charge in [-0.05, 0) is 58.8 Å². The number of rotatable bonds is 6. The molecular weight excluding hydrogens is 364 g/mol. The van der Waals surface area contributed by atoms with Gasteiger partial charge in [0.1, 0.15) is 5.75 Å². The van der Waals surface area contributed by atoms with Gasteiger partial charge in [0.25, 0.3) is 0 Å². The van der Waals surface area contributed by atoms with Crippen molar-refractivity contribution in [2.24, 2.45) is 5.73 Å². The van der Waals surface area contributed by atoms with Crippen molar-refractivity contribution < 1.29 is 17.9 Å². The van der Waals surface area contributed by atoms with E-state index in [1.807, 2.05) is 36.4 Å². The van der Waals surface area contributed by atoms with E-state index in [4.69, 9.17) is 10.5 Å². The number of hydrogen-bond donors (Lipinski definition) is 1. The van der Waals surface area contributed by atoms with Crippen molar-refractivity contribution in [1.82, 2.24) is 4.31 Å². The van der Waals surface area contributed by atoms with Crippen LogP contribution in [0.2, 0.25) is 0 Å². The lowest BCUT2D eigenvalue weighted by Crippen LogP contribution is -2.26. The minimum Gasteiger partial charge on any atom is -0.497 e. The summed E-state index contributed by atoms with van der Waals surface area (Å²) in [6.07, 6.45) is 0. The fraction of sp³-hybridized carbons (Fsp3) is 0.150. The average Bonchev–Trinajstić information content (AvgIpc) is 2.67. The molecule has 140 valence electrons. The second-order valence-corrected chi connectivity index (χ2v) is 8.24. The molecule has 0 radical (unpaired) electrons. The van der Waals surface area contributed by atoms with Crippen LogP contribution < -0.4 is 10.5 Å². The molecule has 0 aliphatic heterocycles. The fourth-order valence-corrected chi connectivity index (χ4v) is 3.97. The van der Waals surface area contributed by atoms with E-state index in [1.165, 1.54) is 35.6 Å². The molecule has 3 rings (SSSR count). The Morgan fingerprint density at radius 1 is 1.00 bits per heavy atom. The number of sulfonamides is 1. The first-order valence-electron chi connectivity index (χ1n) is 8.24. The highest BCUT2D eigenvalue weighted by Crippen LogP contribution is 2.23. The normalized spacial score (nSPS) is 11.7. The molecule has 0 unspecified atom stereocenters. The van der Waals surface area contributed by atoms with Gasteiger partial charge in [-0.3, -0.25) is 4.79 Å². The van der Waals surface area contributed by atoms with Gasteiger partial charge in [-0.15, -0.1) is 0 Å². The van der Waals surface area contributed by atoms with Crippen LogP contribution in [0.1, 0.15) is 15.9 Å². The molecular formula is C20H20N2O4S. The van der Waals surface area contributed by atoms with Crippen LogP contribution in [0.4, 0.5) is 0 Å². The molecule has 1 amide bonds. The van der Waals surface area contributed by atoms with E-state index in [0.717, 1.165) is 22.1 Å². The zero-order valence-corrected chi connectivity index (χ0v) is 15.9. The van der Waals surface area contributed by atoms with E-state index in [9.17, 15) is 13.2 Å². The number of carbonyl (C=O) groups excluding carboxylic acids is 1. The van der Waals surface area contributed by atoms with E-state index in [-0.39, 0.29) is 17.0 Å². The van der Waals surface area contributed by atoms with Gasteiger partial charge in [0.05, 0.1) is 12.0 Å². The molecule has 0 heterocycles. The topological polar surface area (TPSA) is 89.7 Å². The average molecular weight is 384 g/mol. The highest BCUT2D eigenvalue weighted by molar-refractivity contribution is 7.89. The summed E-state index contributed by atoms with van der Waals surface area (Å²) < 4.78 is 32.0. The summed E-state index contributed by atoms with van der Waals surface area (Å²) in [7, 11) is -0.543. The van der Waals surface area contributed by atoms with Crippen LogP contribution in [0, 0.1) is 0 Å². The summed E-state index contributed by atoms with van der Waals surface area (Å²) in [5, 5.41) is 2.02. The molecule has 0 aliphatic rings. The second-order valence-electron chi connectivity index (χ2n) is 6.20. The number of fused-ring (bicyclic) bond motifs is 1. The van der Waals surface area contributed by atoms with Gasteiger partial charge < -0.3 is 10.5 Å². The Morgan fingerprint density at radius 3 is 2.26 bits per heavy atom. The molecule has 3 aromatic carbocycles. The van der Waals surface area contributed by atoms with Crippen molar-refractivity contribution in [3.8, 4) is 5.75 Å². The molecule has 0 saturated carbocycles. The van der Waals surface area contributed by atoms with E-state index in [2.05, 4.69) is 0 Å². The second kappa shape index (κ2) is 7.38. The number of methoxy groups -OCH3 is 1. The van der Waals surface area contributed by atoms with E-state index >= 15 is 0 Å². The summed E-state index contributed by atoms with van der Waals surface area (Å²) in [6, 6.07) is 17.1. The van der Waals surface area contributed by atoms with Gasteiger partial charge in [-0.1, -0.05) is 18.2 Å². The smallest absolute Gasteiger partial charge is 0.248 e. The van der Waals surface area contributed by atoms with Crippen LogP contribution >= 0.6 is 0 Å². The van der Waals surface area contributed by atoms with Gasteiger partial charge in [0.2, 0.25) is 15.9 Å². The third-order valence-electron chi connectivity index (χ3n) is 4.36. The van der Waals surface area contributed by atoms with E-state index in [1.54, 1.807) is 7.11 Å². The first-order valence-corrected chi connectivity index (χ1v) is 9.68. The molecule has 0 bridgehead atoms. The van der Waals surface area contributed by atoms with Crippen molar-refractivity contribution in [2.45, 2.75) is 11.4 Å². The van der Waals surface area contributed by atoms with Crippen molar-refractivity contribution in [3.63, 3.8) is 0 Å². The molecule has 0 atom stereocenters. The van der Waals surface area contributed by atoms with Crippen LogP contribution in [0.3, 0.4) is 0 Å². The van der Waals surface area contributed by atoms with E-state index in [0.29, 0.717) is 0 Å². The number of ether oxygens (including phenoxy) is 1. The third-order valence-corrected chi connectivity index (χ3v) is 6.18. The van der Waals surface area contributed by atoms with Crippen LogP contribution in [-0.4, -0.2) is 32.8 Å². The van der Waals surface area contributed by atoms with Gasteiger partial charge in [-0.25, -0.2) is 8.42 Å². The van der Waals surface area contributed by atoms with Crippen molar-refractivity contribution >= 4 is 26.7 Å². The summed E-state index contributed by atoms with van der Waals surface area (Å²) in [5.74, 6) is 0.175. The molecule has 27 heavy (non-hydrogen) atoms. The van der Waals surface area contributed by atoms with Crippen LogP contribution in [0.5, 0.6) is 5.75 Å². The Hall–Kier alpha value is -2.90. The Kier molecular flexibility index (Phi) is 5.16. The largest absolute Gasteiger partial charge is 0.497 e. The summed E-state index contributed by atoms with van der Waals surface area (Å²) in [5.41, 5.74) is 6.33. The van der Waals surface area contributed by atoms with E-state index < -0.39 is 15.9 Å². The summed E-state index contributed by atoms with van der Waals surface area (Å²) in [4.78, 5) is 11.3. The highest BCUT2D eigenvalue weighted by atomic mass is 32.2. The van der Waals surface area contributed by atoms with Crippen LogP contribution in [-0.2, 0) is 16.6 Å². The maximum Gasteiger partial charge on any atom is 0.248 e. The number of carbonyl (C=O) groups is 1. The maximum absolute atomic E-state index is 12.8. The highest BCUT2D eigenvalue weighted by Gasteiger charge is 2.21. The zero-order valence-electron chi connectivity index (χ0n) is 15.0. The number of primary amides is 1. The number of nitrogens with zero attached hydrogens (tertiary/aromatic N) is 1. The molecule has 0 aliphatic carbocycles. The standard InChI is InChI=1S/C20H20N2O4S/c1-22(27(24,25)19-9-6-15(7-10-19)20(21)23)13-14-3-4-17-12-18(26-2)8-5-16(17)11-14/h3-12H,13H2,1-2H3,(H2,21,23). The van der Waals surface area contributed by atoms with Gasteiger partial charge >= 0.3 is 0 Å². The molecule has 0 spiro atoms. The van der Waals surface area contributed by atoms with Crippen molar-refractivity contribution in [2.75, 3.05) is 14.2 Å². The molecule has 3 aromatic rings. The zero-order chi connectivity index (χ0) is 19.6. The molecule has 0 fully saturated rings. The first-order chi connectivity index (χ1) is 12.8. The number of nitrogens with two attached hydrogens (primary N) is 1. The minimum atomic E-state index is -3.68. The molecule has 0 aromatic heterocycles. The summed E-state index contributed by atoms with van der Waals surface area (Å²) >= 11 is 0. The third kappa shape index (κ3) is 3.94. The lowest BCUT2D eigenvalue weighted by Gasteiger charge is -2.18. The SMILES string of the molecule is COc1ccc2cc(CN(C)S(=O)(=O)c3ccc(C(N)=O)cc3)ccc2c1. The van der Waals surface area contributed by atoms with Gasteiger partial charge in [-0.2, -0.15) is 4.31 Å². The number of amides is 1. The quantitative estimate of drug-likeness (QED) is 0.708. The molecule has 0 saturated heterocycles. The Bertz CT molecular complexity index is 1090. The van der Waals surface area contributed by atoms with Crippen LogP contribution in [0.15, 0.2) is 65.6 Å². The Labute approximate surface area is 158 Å². The molecule has 2 N–H and O–H groups in total. The fourth-order valence-electron chi connectivity index (χ4n) is 2.81. The monoisotopic (exact) mass is 384 g/mol. The molecule has 7 heteroatoms. The lowest BCUT2D eigenvalue weighted by atomic mass is 10.1. The predicted octanol–water partition coefficient (Wildman–Crippen LogP) is 2.77. The lowest BCUT2D eigenvalue weighted by molar-refractivity contribution is 0.1000. The number of benzene rings is 3. The Balaban J connectivity index is 1.83. The van der Waals surface area contributed by atoms with Gasteiger partial charge in [0.15, 0.2) is 0 Å². The van der Waals surface area contributed by atoms with Crippen LogP contribution in [0.25, 0.3) is 10.8 Å². The van der Waals surface area contributed by atoms with Crippen molar-refractivity contribution in [1.29, 1.82) is 0 Å². The first kappa shape index (κ1) is 18.9.